The van der Waals surface area contributed by atoms with Crippen molar-refractivity contribution in [3.8, 4) is 11.5 Å². The molecule has 2 aromatic carbocycles. The molecule has 0 fully saturated rings. The molecule has 0 bridgehead atoms. The van der Waals surface area contributed by atoms with Crippen LogP contribution in [0.1, 0.15) is 37.8 Å². The third-order valence-corrected chi connectivity index (χ3v) is 4.20. The first-order valence-electron chi connectivity index (χ1n) is 8.91. The summed E-state index contributed by atoms with van der Waals surface area (Å²) in [6.07, 6.45) is 4.87. The van der Waals surface area contributed by atoms with E-state index in [0.717, 1.165) is 30.0 Å². The van der Waals surface area contributed by atoms with Crippen LogP contribution >= 0.6 is 0 Å². The van der Waals surface area contributed by atoms with Crippen molar-refractivity contribution >= 4 is 11.6 Å². The van der Waals surface area contributed by atoms with Gasteiger partial charge in [-0.1, -0.05) is 6.07 Å². The van der Waals surface area contributed by atoms with Crippen molar-refractivity contribution in [2.45, 2.75) is 45.6 Å². The molecule has 0 saturated heterocycles. The molecule has 3 rings (SSSR count). The van der Waals surface area contributed by atoms with Crippen LogP contribution in [0.5, 0.6) is 11.5 Å². The average Bonchev–Trinajstić information content (AvgIpc) is 2.61. The molecular formula is C21H25NO3. The third-order valence-electron chi connectivity index (χ3n) is 4.20. The molecule has 4 heteroatoms. The number of carbonyl (C=O) groups is 1. The van der Waals surface area contributed by atoms with Crippen molar-refractivity contribution < 1.29 is 14.3 Å². The molecule has 1 aliphatic carbocycles. The van der Waals surface area contributed by atoms with Crippen molar-refractivity contribution in [3.05, 3.63) is 53.6 Å². The highest BCUT2D eigenvalue weighted by Gasteiger charge is 2.11. The number of benzene rings is 2. The molecular weight excluding hydrogens is 314 g/mol. The van der Waals surface area contributed by atoms with Gasteiger partial charge in [-0.05, 0) is 87.1 Å². The fourth-order valence-electron chi connectivity index (χ4n) is 3.03. The third kappa shape index (κ3) is 4.99. The molecule has 0 saturated carbocycles. The second-order valence-corrected chi connectivity index (χ2v) is 6.67. The summed E-state index contributed by atoms with van der Waals surface area (Å²) in [6.45, 7) is 3.96. The predicted octanol–water partition coefficient (Wildman–Crippen LogP) is 4.37. The second-order valence-electron chi connectivity index (χ2n) is 6.67. The molecule has 0 heterocycles. The van der Waals surface area contributed by atoms with Crippen molar-refractivity contribution in [1.82, 2.24) is 0 Å². The molecule has 0 spiro atoms. The van der Waals surface area contributed by atoms with Gasteiger partial charge in [0.15, 0.2) is 6.61 Å². The number of hydrogen-bond acceptors (Lipinski definition) is 3. The van der Waals surface area contributed by atoms with Gasteiger partial charge in [-0.15, -0.1) is 0 Å². The van der Waals surface area contributed by atoms with Crippen LogP contribution in [0.4, 0.5) is 5.69 Å². The summed E-state index contributed by atoms with van der Waals surface area (Å²) in [5.41, 5.74) is 3.49. The van der Waals surface area contributed by atoms with Gasteiger partial charge < -0.3 is 14.8 Å². The number of hydrogen-bond donors (Lipinski definition) is 1. The number of fused-ring (bicyclic) bond motifs is 1. The van der Waals surface area contributed by atoms with E-state index in [4.69, 9.17) is 9.47 Å². The van der Waals surface area contributed by atoms with E-state index < -0.39 is 0 Å². The molecule has 4 nitrogen and oxygen atoms in total. The van der Waals surface area contributed by atoms with Gasteiger partial charge in [0, 0.05) is 5.69 Å². The normalized spacial score (nSPS) is 13.2. The van der Waals surface area contributed by atoms with Crippen LogP contribution in [0.2, 0.25) is 0 Å². The van der Waals surface area contributed by atoms with Gasteiger partial charge in [0.25, 0.3) is 5.91 Å². The van der Waals surface area contributed by atoms with E-state index >= 15 is 0 Å². The van der Waals surface area contributed by atoms with Gasteiger partial charge in [0.2, 0.25) is 0 Å². The minimum atomic E-state index is -0.171. The van der Waals surface area contributed by atoms with Crippen LogP contribution in [0, 0.1) is 0 Å². The van der Waals surface area contributed by atoms with Gasteiger partial charge in [-0.3, -0.25) is 4.79 Å². The molecule has 0 radical (unpaired) electrons. The van der Waals surface area contributed by atoms with Crippen LogP contribution in [0.15, 0.2) is 42.5 Å². The lowest BCUT2D eigenvalue weighted by atomic mass is 9.92. The minimum Gasteiger partial charge on any atom is -0.491 e. The summed E-state index contributed by atoms with van der Waals surface area (Å²) in [6, 6.07) is 13.5. The van der Waals surface area contributed by atoms with Gasteiger partial charge in [-0.25, -0.2) is 0 Å². The number of nitrogens with one attached hydrogen (secondary N) is 1. The summed E-state index contributed by atoms with van der Waals surface area (Å²) >= 11 is 0. The fourth-order valence-corrected chi connectivity index (χ4v) is 3.03. The zero-order valence-corrected chi connectivity index (χ0v) is 14.9. The van der Waals surface area contributed by atoms with E-state index in [-0.39, 0.29) is 18.6 Å². The summed E-state index contributed by atoms with van der Waals surface area (Å²) < 4.78 is 11.2. The quantitative estimate of drug-likeness (QED) is 0.850. The molecule has 1 N–H and O–H groups in total. The van der Waals surface area contributed by atoms with E-state index in [1.807, 2.05) is 44.2 Å². The highest BCUT2D eigenvalue weighted by molar-refractivity contribution is 5.91. The number of amides is 1. The number of rotatable bonds is 6. The first kappa shape index (κ1) is 17.3. The Morgan fingerprint density at radius 1 is 1.00 bits per heavy atom. The summed E-state index contributed by atoms with van der Waals surface area (Å²) in [7, 11) is 0. The van der Waals surface area contributed by atoms with Crippen LogP contribution in [-0.2, 0) is 17.6 Å². The summed E-state index contributed by atoms with van der Waals surface area (Å²) in [5, 5.41) is 2.84. The Balaban J connectivity index is 1.51. The zero-order valence-electron chi connectivity index (χ0n) is 14.9. The van der Waals surface area contributed by atoms with Crippen LogP contribution in [0.25, 0.3) is 0 Å². The zero-order chi connectivity index (χ0) is 17.6. The first-order chi connectivity index (χ1) is 12.1. The maximum atomic E-state index is 12.1. The van der Waals surface area contributed by atoms with Gasteiger partial charge in [-0.2, -0.15) is 0 Å². The monoisotopic (exact) mass is 339 g/mol. The lowest BCUT2D eigenvalue weighted by molar-refractivity contribution is -0.118. The van der Waals surface area contributed by atoms with Crippen molar-refractivity contribution in [3.63, 3.8) is 0 Å². The molecule has 0 aliphatic heterocycles. The molecule has 0 aromatic heterocycles. The summed E-state index contributed by atoms with van der Waals surface area (Å²) in [4.78, 5) is 12.1. The van der Waals surface area contributed by atoms with Gasteiger partial charge in [0.1, 0.15) is 11.5 Å². The lowest BCUT2D eigenvalue weighted by Gasteiger charge is -2.16. The predicted molar refractivity (Wildman–Crippen MR) is 99.4 cm³/mol. The highest BCUT2D eigenvalue weighted by Crippen LogP contribution is 2.25. The lowest BCUT2D eigenvalue weighted by Crippen LogP contribution is -2.20. The SMILES string of the molecule is CC(C)Oc1ccc(NC(=O)COc2ccc3c(c2)CCCC3)cc1. The first-order valence-corrected chi connectivity index (χ1v) is 8.91. The number of anilines is 1. The van der Waals surface area contributed by atoms with Gasteiger partial charge in [0.05, 0.1) is 6.10 Å². The van der Waals surface area contributed by atoms with E-state index in [1.165, 1.54) is 24.0 Å². The Kier molecular flexibility index (Phi) is 5.59. The van der Waals surface area contributed by atoms with E-state index in [1.54, 1.807) is 0 Å². The molecule has 25 heavy (non-hydrogen) atoms. The summed E-state index contributed by atoms with van der Waals surface area (Å²) in [5.74, 6) is 1.38. The number of aryl methyl sites for hydroxylation is 2. The van der Waals surface area contributed by atoms with Gasteiger partial charge >= 0.3 is 0 Å². The molecule has 0 atom stereocenters. The van der Waals surface area contributed by atoms with Crippen LogP contribution in [0.3, 0.4) is 0 Å². The topological polar surface area (TPSA) is 47.6 Å². The highest BCUT2D eigenvalue weighted by atomic mass is 16.5. The molecule has 1 aliphatic rings. The Morgan fingerprint density at radius 2 is 1.68 bits per heavy atom. The molecule has 132 valence electrons. The molecule has 1 amide bonds. The maximum absolute atomic E-state index is 12.1. The molecule has 2 aromatic rings. The van der Waals surface area contributed by atoms with E-state index in [0.29, 0.717) is 0 Å². The second kappa shape index (κ2) is 8.06. The Bertz CT molecular complexity index is 722. The largest absolute Gasteiger partial charge is 0.491 e. The van der Waals surface area contributed by atoms with E-state index in [2.05, 4.69) is 17.4 Å². The van der Waals surface area contributed by atoms with Crippen molar-refractivity contribution in [2.75, 3.05) is 11.9 Å². The number of carbonyl (C=O) groups excluding carboxylic acids is 1. The fraction of sp³-hybridized carbons (Fsp3) is 0.381. The van der Waals surface area contributed by atoms with Crippen molar-refractivity contribution in [2.24, 2.45) is 0 Å². The van der Waals surface area contributed by atoms with Crippen molar-refractivity contribution in [1.29, 1.82) is 0 Å². The molecule has 0 unspecified atom stereocenters. The Hall–Kier alpha value is -2.49. The standard InChI is InChI=1S/C21H25NO3/c1-15(2)25-19-11-8-18(9-12-19)22-21(23)14-24-20-10-7-16-5-3-4-6-17(16)13-20/h7-13,15H,3-6,14H2,1-2H3,(H,22,23). The minimum absolute atomic E-state index is 0.00301. The van der Waals surface area contributed by atoms with Crippen LogP contribution in [-0.4, -0.2) is 18.6 Å². The maximum Gasteiger partial charge on any atom is 0.262 e. The van der Waals surface area contributed by atoms with E-state index in [9.17, 15) is 4.79 Å². The Morgan fingerprint density at radius 3 is 2.40 bits per heavy atom. The number of ether oxygens (including phenoxy) is 2. The Labute approximate surface area is 149 Å². The average molecular weight is 339 g/mol. The van der Waals surface area contributed by atoms with Crippen LogP contribution < -0.4 is 14.8 Å². The smallest absolute Gasteiger partial charge is 0.262 e.